The molecule has 28 heavy (non-hydrogen) atoms. The Kier molecular flexibility index (Phi) is 5.36. The lowest BCUT2D eigenvalue weighted by molar-refractivity contribution is -0.383. The van der Waals surface area contributed by atoms with Crippen LogP contribution in [0.5, 0.6) is 5.75 Å². The largest absolute Gasteiger partial charge is 0.503 e. The van der Waals surface area contributed by atoms with Gasteiger partial charge >= 0.3 is 0 Å². The molecule has 3 aromatic rings. The number of carbonyl (C=O) groups is 1. The zero-order valence-corrected chi connectivity index (χ0v) is 15.8. The Hall–Kier alpha value is -3.34. The smallest absolute Gasteiger partial charge is 0.298 e. The first-order valence-electron chi connectivity index (χ1n) is 8.10. The summed E-state index contributed by atoms with van der Waals surface area (Å²) in [6.07, 6.45) is 0. The van der Waals surface area contributed by atoms with Crippen LogP contribution in [0.15, 0.2) is 38.7 Å². The van der Waals surface area contributed by atoms with E-state index in [4.69, 9.17) is 4.42 Å². The fraction of sp³-hybridized carbons (Fsp3) is 0.235. The SMILES string of the molecule is Cc1cc(=O)c(O)c(CNC(=O)CSc2nc3c([N+](=O)[O-])cccc3o2)n1C. The van der Waals surface area contributed by atoms with E-state index in [0.717, 1.165) is 11.8 Å². The van der Waals surface area contributed by atoms with Gasteiger partial charge in [-0.15, -0.1) is 0 Å². The highest BCUT2D eigenvalue weighted by molar-refractivity contribution is 7.99. The van der Waals surface area contributed by atoms with Crippen LogP contribution in [0.3, 0.4) is 0 Å². The number of benzene rings is 1. The number of aryl methyl sites for hydroxylation is 1. The number of oxazole rings is 1. The molecule has 0 aliphatic heterocycles. The van der Waals surface area contributed by atoms with Crippen molar-refractivity contribution in [1.29, 1.82) is 0 Å². The predicted octanol–water partition coefficient (Wildman–Crippen LogP) is 1.86. The van der Waals surface area contributed by atoms with E-state index < -0.39 is 16.1 Å². The number of nitro groups is 1. The molecular weight excluding hydrogens is 388 g/mol. The summed E-state index contributed by atoms with van der Waals surface area (Å²) in [6.45, 7) is 1.69. The molecular formula is C17H16N4O6S. The molecule has 146 valence electrons. The first kappa shape index (κ1) is 19.4. The van der Waals surface area contributed by atoms with Gasteiger partial charge in [-0.25, -0.2) is 0 Å². The maximum atomic E-state index is 12.1. The molecule has 0 fully saturated rings. The molecule has 2 N–H and O–H groups in total. The van der Waals surface area contributed by atoms with Gasteiger partial charge in [0.1, 0.15) is 0 Å². The van der Waals surface area contributed by atoms with Crippen molar-refractivity contribution >= 4 is 34.5 Å². The Morgan fingerprint density at radius 1 is 1.46 bits per heavy atom. The Bertz CT molecular complexity index is 1140. The quantitative estimate of drug-likeness (QED) is 0.360. The number of nitrogens with zero attached hydrogens (tertiary/aromatic N) is 3. The maximum absolute atomic E-state index is 12.1. The second-order valence-electron chi connectivity index (χ2n) is 5.93. The summed E-state index contributed by atoms with van der Waals surface area (Å²) in [6, 6.07) is 5.68. The number of hydrogen-bond donors (Lipinski definition) is 2. The zero-order chi connectivity index (χ0) is 20.4. The van der Waals surface area contributed by atoms with Gasteiger partial charge in [-0.2, -0.15) is 4.98 Å². The van der Waals surface area contributed by atoms with Gasteiger partial charge in [0.05, 0.1) is 22.9 Å². The molecule has 1 amide bonds. The number of thioether (sulfide) groups is 1. The molecule has 0 atom stereocenters. The minimum atomic E-state index is -0.551. The average Bonchev–Trinajstić information content (AvgIpc) is 3.07. The molecule has 10 nitrogen and oxygen atoms in total. The Morgan fingerprint density at radius 2 is 2.21 bits per heavy atom. The van der Waals surface area contributed by atoms with Crippen molar-refractivity contribution < 1.29 is 19.2 Å². The number of aromatic hydroxyl groups is 1. The van der Waals surface area contributed by atoms with E-state index in [-0.39, 0.29) is 40.2 Å². The number of nitrogens with one attached hydrogen (secondary N) is 1. The summed E-state index contributed by atoms with van der Waals surface area (Å²) in [5.41, 5.74) is 0.637. The highest BCUT2D eigenvalue weighted by atomic mass is 32.2. The summed E-state index contributed by atoms with van der Waals surface area (Å²) in [7, 11) is 1.68. The van der Waals surface area contributed by atoms with Gasteiger partial charge in [0, 0.05) is 24.9 Å². The molecule has 0 saturated heterocycles. The third-order valence-electron chi connectivity index (χ3n) is 4.14. The van der Waals surface area contributed by atoms with Gasteiger partial charge in [0.25, 0.3) is 10.9 Å². The van der Waals surface area contributed by atoms with Crippen molar-refractivity contribution in [2.75, 3.05) is 5.75 Å². The van der Waals surface area contributed by atoms with Crippen LogP contribution in [0.4, 0.5) is 5.69 Å². The van der Waals surface area contributed by atoms with Crippen LogP contribution in [0.1, 0.15) is 11.4 Å². The molecule has 0 spiro atoms. The van der Waals surface area contributed by atoms with E-state index >= 15 is 0 Å². The lowest BCUT2D eigenvalue weighted by Crippen LogP contribution is -2.27. The maximum Gasteiger partial charge on any atom is 0.298 e. The molecule has 0 saturated carbocycles. The Labute approximate surface area is 162 Å². The minimum Gasteiger partial charge on any atom is -0.503 e. The number of rotatable bonds is 6. The van der Waals surface area contributed by atoms with Crippen molar-refractivity contribution in [2.45, 2.75) is 18.7 Å². The minimum absolute atomic E-state index is 0.0301. The molecule has 11 heteroatoms. The zero-order valence-electron chi connectivity index (χ0n) is 15.0. The fourth-order valence-electron chi connectivity index (χ4n) is 2.55. The van der Waals surface area contributed by atoms with Crippen molar-refractivity contribution in [3.63, 3.8) is 0 Å². The monoisotopic (exact) mass is 404 g/mol. The number of nitro benzene ring substituents is 1. The topological polar surface area (TPSA) is 140 Å². The third-order valence-corrected chi connectivity index (χ3v) is 4.96. The predicted molar refractivity (Wildman–Crippen MR) is 101 cm³/mol. The molecule has 3 rings (SSSR count). The number of aromatic nitrogens is 2. The number of para-hydroxylation sites is 1. The second-order valence-corrected chi connectivity index (χ2v) is 6.86. The number of amides is 1. The van der Waals surface area contributed by atoms with Crippen molar-refractivity contribution in [1.82, 2.24) is 14.9 Å². The van der Waals surface area contributed by atoms with Crippen LogP contribution in [0.25, 0.3) is 11.1 Å². The van der Waals surface area contributed by atoms with Crippen molar-refractivity contribution in [2.24, 2.45) is 7.05 Å². The number of fused-ring (bicyclic) bond motifs is 1. The molecule has 1 aromatic carbocycles. The van der Waals surface area contributed by atoms with Gasteiger partial charge in [0.2, 0.25) is 11.3 Å². The first-order chi connectivity index (χ1) is 13.3. The van der Waals surface area contributed by atoms with Crippen molar-refractivity contribution in [3.8, 4) is 5.75 Å². The van der Waals surface area contributed by atoms with Crippen LogP contribution in [-0.2, 0) is 18.4 Å². The van der Waals surface area contributed by atoms with Gasteiger partial charge in [-0.3, -0.25) is 19.7 Å². The summed E-state index contributed by atoms with van der Waals surface area (Å²) in [5, 5.41) is 23.7. The van der Waals surface area contributed by atoms with E-state index in [1.165, 1.54) is 18.2 Å². The average molecular weight is 404 g/mol. The molecule has 0 radical (unpaired) electrons. The van der Waals surface area contributed by atoms with Gasteiger partial charge in [-0.1, -0.05) is 17.8 Å². The summed E-state index contributed by atoms with van der Waals surface area (Å²) in [4.78, 5) is 38.3. The van der Waals surface area contributed by atoms with E-state index in [1.54, 1.807) is 24.6 Å². The third kappa shape index (κ3) is 3.83. The lowest BCUT2D eigenvalue weighted by Gasteiger charge is -2.14. The summed E-state index contributed by atoms with van der Waals surface area (Å²) in [5.74, 6) is -0.844. The lowest BCUT2D eigenvalue weighted by atomic mass is 10.2. The normalized spacial score (nSPS) is 10.9. The number of hydrogen-bond acceptors (Lipinski definition) is 8. The van der Waals surface area contributed by atoms with Crippen LogP contribution in [-0.4, -0.2) is 31.2 Å². The van der Waals surface area contributed by atoms with Crippen LogP contribution in [0, 0.1) is 17.0 Å². The molecule has 0 aliphatic rings. The standard InChI is InChI=1S/C17H16N4O6S/c1-9-6-12(22)16(24)11(20(9)2)7-18-14(23)8-28-17-19-15-10(21(25)26)4-3-5-13(15)27-17/h3-6,24H,7-8H2,1-2H3,(H,18,23). The Balaban J connectivity index is 1.66. The highest BCUT2D eigenvalue weighted by Crippen LogP contribution is 2.29. The molecule has 0 unspecified atom stereocenters. The highest BCUT2D eigenvalue weighted by Gasteiger charge is 2.18. The van der Waals surface area contributed by atoms with E-state index in [1.807, 2.05) is 0 Å². The second kappa shape index (κ2) is 7.72. The first-order valence-corrected chi connectivity index (χ1v) is 9.08. The molecule has 2 aromatic heterocycles. The number of non-ortho nitro benzene ring substituents is 1. The van der Waals surface area contributed by atoms with Crippen LogP contribution >= 0.6 is 11.8 Å². The van der Waals surface area contributed by atoms with Crippen LogP contribution < -0.4 is 10.7 Å². The number of carbonyl (C=O) groups excluding carboxylic acids is 1. The Morgan fingerprint density at radius 3 is 2.93 bits per heavy atom. The fourth-order valence-corrected chi connectivity index (χ4v) is 3.22. The molecule has 2 heterocycles. The summed E-state index contributed by atoms with van der Waals surface area (Å²) >= 11 is 0.981. The molecule has 0 aliphatic carbocycles. The van der Waals surface area contributed by atoms with Gasteiger partial charge < -0.3 is 19.4 Å². The number of pyridine rings is 1. The van der Waals surface area contributed by atoms with E-state index in [0.29, 0.717) is 11.4 Å². The van der Waals surface area contributed by atoms with Gasteiger partial charge in [0.15, 0.2) is 16.8 Å². The van der Waals surface area contributed by atoms with E-state index in [2.05, 4.69) is 10.3 Å². The molecule has 0 bridgehead atoms. The van der Waals surface area contributed by atoms with E-state index in [9.17, 15) is 24.8 Å². The van der Waals surface area contributed by atoms with Crippen LogP contribution in [0.2, 0.25) is 0 Å². The van der Waals surface area contributed by atoms with Gasteiger partial charge in [-0.05, 0) is 13.0 Å². The van der Waals surface area contributed by atoms with Crippen molar-refractivity contribution in [3.05, 3.63) is 56.0 Å². The summed E-state index contributed by atoms with van der Waals surface area (Å²) < 4.78 is 7.04.